The Hall–Kier alpha value is -1.48. The van der Waals surface area contributed by atoms with Crippen LogP contribution in [0.1, 0.15) is 31.0 Å². The third-order valence-corrected chi connectivity index (χ3v) is 3.65. The summed E-state index contributed by atoms with van der Waals surface area (Å²) in [6.07, 6.45) is 0. The van der Waals surface area contributed by atoms with Gasteiger partial charge in [0.25, 0.3) is 0 Å². The number of aryl methyl sites for hydroxylation is 1. The minimum atomic E-state index is 0.217. The van der Waals surface area contributed by atoms with Gasteiger partial charge in [-0.3, -0.25) is 0 Å². The summed E-state index contributed by atoms with van der Waals surface area (Å²) in [5.74, 6) is 0.911. The van der Waals surface area contributed by atoms with Crippen molar-refractivity contribution >= 4 is 21.6 Å². The first kappa shape index (κ1) is 14.9. The SMILES string of the molecule is CCOc1cc(C)ccc1NC(C)c1cccc(Br)c1. The van der Waals surface area contributed by atoms with Crippen molar-refractivity contribution in [1.82, 2.24) is 0 Å². The van der Waals surface area contributed by atoms with Crippen LogP contribution in [0.2, 0.25) is 0 Å². The van der Waals surface area contributed by atoms with Crippen LogP contribution in [0.3, 0.4) is 0 Å². The van der Waals surface area contributed by atoms with Crippen LogP contribution in [-0.4, -0.2) is 6.61 Å². The quantitative estimate of drug-likeness (QED) is 0.798. The van der Waals surface area contributed by atoms with Gasteiger partial charge in [0.15, 0.2) is 0 Å². The van der Waals surface area contributed by atoms with Crippen molar-refractivity contribution in [3.8, 4) is 5.75 Å². The molecule has 1 N–H and O–H groups in total. The van der Waals surface area contributed by atoms with Crippen LogP contribution in [-0.2, 0) is 0 Å². The van der Waals surface area contributed by atoms with Crippen LogP contribution in [0.5, 0.6) is 5.75 Å². The zero-order valence-corrected chi connectivity index (χ0v) is 13.7. The Morgan fingerprint density at radius 2 is 2.00 bits per heavy atom. The maximum absolute atomic E-state index is 5.71. The summed E-state index contributed by atoms with van der Waals surface area (Å²) < 4.78 is 6.80. The lowest BCUT2D eigenvalue weighted by Gasteiger charge is -2.19. The molecule has 1 unspecified atom stereocenters. The molecule has 20 heavy (non-hydrogen) atoms. The molecule has 0 bridgehead atoms. The van der Waals surface area contributed by atoms with Crippen molar-refractivity contribution in [2.24, 2.45) is 0 Å². The molecule has 3 heteroatoms. The van der Waals surface area contributed by atoms with Crippen molar-refractivity contribution < 1.29 is 4.74 Å². The number of ether oxygens (including phenoxy) is 1. The average molecular weight is 334 g/mol. The summed E-state index contributed by atoms with van der Waals surface area (Å²) in [6, 6.07) is 14.8. The topological polar surface area (TPSA) is 21.3 Å². The highest BCUT2D eigenvalue weighted by Gasteiger charge is 2.09. The molecule has 0 aromatic heterocycles. The van der Waals surface area contributed by atoms with Gasteiger partial charge in [0.1, 0.15) is 5.75 Å². The van der Waals surface area contributed by atoms with Crippen molar-refractivity contribution in [3.05, 3.63) is 58.1 Å². The molecule has 0 fully saturated rings. The molecule has 0 radical (unpaired) electrons. The van der Waals surface area contributed by atoms with Crippen LogP contribution < -0.4 is 10.1 Å². The highest BCUT2D eigenvalue weighted by molar-refractivity contribution is 9.10. The van der Waals surface area contributed by atoms with E-state index in [1.165, 1.54) is 11.1 Å². The normalized spacial score (nSPS) is 12.0. The zero-order valence-electron chi connectivity index (χ0n) is 12.1. The summed E-state index contributed by atoms with van der Waals surface area (Å²) >= 11 is 3.51. The number of benzene rings is 2. The van der Waals surface area contributed by atoms with Gasteiger partial charge in [0.2, 0.25) is 0 Å². The molecule has 0 aliphatic heterocycles. The molecule has 2 rings (SSSR count). The lowest BCUT2D eigenvalue weighted by molar-refractivity contribution is 0.341. The lowest BCUT2D eigenvalue weighted by Crippen LogP contribution is -2.08. The average Bonchev–Trinajstić information content (AvgIpc) is 2.42. The molecular formula is C17H20BrNO. The maximum Gasteiger partial charge on any atom is 0.142 e. The van der Waals surface area contributed by atoms with E-state index < -0.39 is 0 Å². The monoisotopic (exact) mass is 333 g/mol. The zero-order chi connectivity index (χ0) is 14.5. The van der Waals surface area contributed by atoms with Crippen LogP contribution >= 0.6 is 15.9 Å². The smallest absolute Gasteiger partial charge is 0.142 e. The first-order valence-corrected chi connectivity index (χ1v) is 7.65. The van der Waals surface area contributed by atoms with E-state index in [1.54, 1.807) is 0 Å². The minimum Gasteiger partial charge on any atom is -0.492 e. The van der Waals surface area contributed by atoms with Crippen molar-refractivity contribution in [2.75, 3.05) is 11.9 Å². The molecule has 0 spiro atoms. The Balaban J connectivity index is 2.21. The molecule has 2 aromatic rings. The van der Waals surface area contributed by atoms with Crippen LogP contribution in [0, 0.1) is 6.92 Å². The number of rotatable bonds is 5. The van der Waals surface area contributed by atoms with Crippen LogP contribution in [0.25, 0.3) is 0 Å². The highest BCUT2D eigenvalue weighted by atomic mass is 79.9. The molecular weight excluding hydrogens is 314 g/mol. The minimum absolute atomic E-state index is 0.217. The molecule has 2 aromatic carbocycles. The first-order valence-electron chi connectivity index (χ1n) is 6.85. The van der Waals surface area contributed by atoms with Gasteiger partial charge in [-0.2, -0.15) is 0 Å². The maximum atomic E-state index is 5.71. The summed E-state index contributed by atoms with van der Waals surface area (Å²) in [5, 5.41) is 3.52. The molecule has 0 heterocycles. The second-order valence-corrected chi connectivity index (χ2v) is 5.77. The van der Waals surface area contributed by atoms with Crippen molar-refractivity contribution in [2.45, 2.75) is 26.8 Å². The first-order chi connectivity index (χ1) is 9.60. The van der Waals surface area contributed by atoms with E-state index in [0.29, 0.717) is 6.61 Å². The van der Waals surface area contributed by atoms with E-state index >= 15 is 0 Å². The van der Waals surface area contributed by atoms with E-state index in [0.717, 1.165) is 15.9 Å². The molecule has 0 saturated heterocycles. The predicted octanol–water partition coefficient (Wildman–Crippen LogP) is 5.33. The fraction of sp³-hybridized carbons (Fsp3) is 0.294. The fourth-order valence-corrected chi connectivity index (χ4v) is 2.53. The van der Waals surface area contributed by atoms with E-state index in [1.807, 2.05) is 13.0 Å². The summed E-state index contributed by atoms with van der Waals surface area (Å²) in [7, 11) is 0. The Kier molecular flexibility index (Phi) is 5.07. The molecule has 0 amide bonds. The number of nitrogens with one attached hydrogen (secondary N) is 1. The molecule has 2 nitrogen and oxygen atoms in total. The predicted molar refractivity (Wildman–Crippen MR) is 88.5 cm³/mol. The Morgan fingerprint density at radius 3 is 2.70 bits per heavy atom. The lowest BCUT2D eigenvalue weighted by atomic mass is 10.1. The van der Waals surface area contributed by atoms with E-state index in [-0.39, 0.29) is 6.04 Å². The third kappa shape index (κ3) is 3.76. The second kappa shape index (κ2) is 6.80. The fourth-order valence-electron chi connectivity index (χ4n) is 2.12. The Labute approximate surface area is 129 Å². The van der Waals surface area contributed by atoms with E-state index in [2.05, 4.69) is 71.5 Å². The summed E-state index contributed by atoms with van der Waals surface area (Å²) in [4.78, 5) is 0. The Bertz CT molecular complexity index is 583. The third-order valence-electron chi connectivity index (χ3n) is 3.16. The number of hydrogen-bond acceptors (Lipinski definition) is 2. The number of anilines is 1. The molecule has 106 valence electrons. The summed E-state index contributed by atoms with van der Waals surface area (Å²) in [6.45, 7) is 6.90. The standard InChI is InChI=1S/C17H20BrNO/c1-4-20-17-10-12(2)8-9-16(17)19-13(3)14-6-5-7-15(18)11-14/h5-11,13,19H,4H2,1-3H3. The van der Waals surface area contributed by atoms with Crippen LogP contribution in [0.4, 0.5) is 5.69 Å². The van der Waals surface area contributed by atoms with Gasteiger partial charge in [-0.15, -0.1) is 0 Å². The second-order valence-electron chi connectivity index (χ2n) is 4.85. The van der Waals surface area contributed by atoms with E-state index in [4.69, 9.17) is 4.74 Å². The highest BCUT2D eigenvalue weighted by Crippen LogP contribution is 2.30. The molecule has 0 aliphatic rings. The molecule has 0 saturated carbocycles. The van der Waals surface area contributed by atoms with Gasteiger partial charge < -0.3 is 10.1 Å². The van der Waals surface area contributed by atoms with Crippen molar-refractivity contribution in [1.29, 1.82) is 0 Å². The largest absolute Gasteiger partial charge is 0.492 e. The van der Waals surface area contributed by atoms with Gasteiger partial charge >= 0.3 is 0 Å². The summed E-state index contributed by atoms with van der Waals surface area (Å²) in [5.41, 5.74) is 3.47. The molecule has 1 atom stereocenters. The Morgan fingerprint density at radius 1 is 1.20 bits per heavy atom. The number of hydrogen-bond donors (Lipinski definition) is 1. The van der Waals surface area contributed by atoms with Gasteiger partial charge in [-0.1, -0.05) is 34.1 Å². The van der Waals surface area contributed by atoms with Gasteiger partial charge in [0, 0.05) is 10.5 Å². The van der Waals surface area contributed by atoms with Gasteiger partial charge in [0.05, 0.1) is 12.3 Å². The van der Waals surface area contributed by atoms with Gasteiger partial charge in [-0.05, 0) is 56.2 Å². The molecule has 0 aliphatic carbocycles. The van der Waals surface area contributed by atoms with Gasteiger partial charge in [-0.25, -0.2) is 0 Å². The van der Waals surface area contributed by atoms with Crippen LogP contribution in [0.15, 0.2) is 46.9 Å². The van der Waals surface area contributed by atoms with Crippen molar-refractivity contribution in [3.63, 3.8) is 0 Å². The van der Waals surface area contributed by atoms with E-state index in [9.17, 15) is 0 Å². The number of halogens is 1.